The molecule has 2 N–H and O–H groups in total. The van der Waals surface area contributed by atoms with Crippen LogP contribution in [0.5, 0.6) is 0 Å². The molecule has 126 valence electrons. The van der Waals surface area contributed by atoms with E-state index in [1.807, 2.05) is 27.7 Å². The van der Waals surface area contributed by atoms with Gasteiger partial charge in [-0.15, -0.1) is 0 Å². The molecule has 24 heavy (non-hydrogen) atoms. The van der Waals surface area contributed by atoms with Crippen molar-refractivity contribution in [2.75, 3.05) is 0 Å². The average Bonchev–Trinajstić information content (AvgIpc) is 2.47. The van der Waals surface area contributed by atoms with E-state index in [1.54, 1.807) is 45.9 Å². The van der Waals surface area contributed by atoms with Crippen molar-refractivity contribution in [2.24, 2.45) is 0 Å². The zero-order chi connectivity index (χ0) is 18.0. The van der Waals surface area contributed by atoms with Gasteiger partial charge in [-0.2, -0.15) is 0 Å². The molecule has 4 nitrogen and oxygen atoms in total. The molecule has 0 aromatic heterocycles. The van der Waals surface area contributed by atoms with Gasteiger partial charge in [0.2, 0.25) is 0 Å². The Balaban J connectivity index is 2.29. The highest BCUT2D eigenvalue weighted by Crippen LogP contribution is 2.43. The predicted molar refractivity (Wildman–Crippen MR) is 97.5 cm³/mol. The normalized spacial score (nSPS) is 10.7. The molecule has 0 bridgehead atoms. The van der Waals surface area contributed by atoms with Gasteiger partial charge in [-0.3, -0.25) is 0 Å². The van der Waals surface area contributed by atoms with Gasteiger partial charge >= 0.3 is 11.9 Å². The molecular weight excluding hydrogens is 344 g/mol. The van der Waals surface area contributed by atoms with Crippen LogP contribution < -0.4 is 0 Å². The fraction of sp³-hybridized carbons (Fsp3) is 0.222. The Bertz CT molecular complexity index is 712. The maximum absolute atomic E-state index is 11.1. The first-order valence-corrected chi connectivity index (χ1v) is 9.39. The minimum atomic E-state index is -0.929. The maximum atomic E-state index is 11.1. The Kier molecular flexibility index (Phi) is 5.62. The summed E-state index contributed by atoms with van der Waals surface area (Å²) in [5.74, 6) is -1.86. The summed E-state index contributed by atoms with van der Waals surface area (Å²) in [6, 6.07) is 6.69. The number of aromatic carboxylic acids is 2. The summed E-state index contributed by atoms with van der Waals surface area (Å²) in [5.41, 5.74) is 4.25. The molecule has 0 amide bonds. The Labute approximate surface area is 148 Å². The van der Waals surface area contributed by atoms with E-state index >= 15 is 0 Å². The second-order valence-corrected chi connectivity index (χ2v) is 7.81. The summed E-state index contributed by atoms with van der Waals surface area (Å²) in [5, 5.41) is 18.2. The number of carbonyl (C=O) groups is 2. The van der Waals surface area contributed by atoms with Crippen molar-refractivity contribution in [3.05, 3.63) is 57.6 Å². The quantitative estimate of drug-likeness (QED) is 0.720. The van der Waals surface area contributed by atoms with E-state index in [-0.39, 0.29) is 11.1 Å². The smallest absolute Gasteiger partial charge is 0.335 e. The number of rotatable bonds is 5. The van der Waals surface area contributed by atoms with Crippen molar-refractivity contribution in [1.29, 1.82) is 0 Å². The van der Waals surface area contributed by atoms with E-state index in [9.17, 15) is 9.59 Å². The summed E-state index contributed by atoms with van der Waals surface area (Å²) in [7, 11) is 3.13. The molecular formula is C18H18O4S2. The number of hydrogen-bond donors (Lipinski definition) is 2. The van der Waals surface area contributed by atoms with E-state index in [2.05, 4.69) is 0 Å². The minimum absolute atomic E-state index is 0.289. The van der Waals surface area contributed by atoms with Crippen LogP contribution in [0.4, 0.5) is 0 Å². The monoisotopic (exact) mass is 362 g/mol. The van der Waals surface area contributed by atoms with Crippen LogP contribution in [0, 0.1) is 27.7 Å². The molecule has 0 saturated heterocycles. The highest BCUT2D eigenvalue weighted by molar-refractivity contribution is 8.76. The predicted octanol–water partition coefficient (Wildman–Crippen LogP) is 5.12. The standard InChI is InChI=1S/C18H18O4S2/c1-9-5-13(17(19)20)6-10(2)15(9)23-24-16-11(3)7-14(18(21)22)8-12(16)4/h5-8H,1-4H3,(H,19,20)(H,21,22). The number of carboxylic acids is 2. The minimum Gasteiger partial charge on any atom is -0.478 e. The molecule has 2 aromatic rings. The zero-order valence-electron chi connectivity index (χ0n) is 13.8. The lowest BCUT2D eigenvalue weighted by molar-refractivity contribution is 0.0686. The molecule has 0 heterocycles. The van der Waals surface area contributed by atoms with Crippen LogP contribution in [-0.4, -0.2) is 22.2 Å². The van der Waals surface area contributed by atoms with E-state index in [0.717, 1.165) is 32.0 Å². The molecule has 0 aliphatic rings. The summed E-state index contributed by atoms with van der Waals surface area (Å²) in [6.07, 6.45) is 0. The second-order valence-electron chi connectivity index (χ2n) is 5.66. The van der Waals surface area contributed by atoms with Crippen LogP contribution in [0.3, 0.4) is 0 Å². The van der Waals surface area contributed by atoms with E-state index in [1.165, 1.54) is 0 Å². The van der Waals surface area contributed by atoms with Gasteiger partial charge in [0, 0.05) is 9.79 Å². The third kappa shape index (κ3) is 3.94. The van der Waals surface area contributed by atoms with Crippen molar-refractivity contribution in [3.63, 3.8) is 0 Å². The Morgan fingerprint density at radius 1 is 0.667 bits per heavy atom. The summed E-state index contributed by atoms with van der Waals surface area (Å²) >= 11 is 0. The lowest BCUT2D eigenvalue weighted by Crippen LogP contribution is -1.99. The highest BCUT2D eigenvalue weighted by Gasteiger charge is 2.14. The molecule has 0 aliphatic carbocycles. The molecule has 0 saturated carbocycles. The molecule has 2 aromatic carbocycles. The average molecular weight is 362 g/mol. The fourth-order valence-electron chi connectivity index (χ4n) is 2.49. The van der Waals surface area contributed by atoms with Gasteiger partial charge in [-0.25, -0.2) is 9.59 Å². The van der Waals surface area contributed by atoms with Gasteiger partial charge in [0.05, 0.1) is 11.1 Å². The Morgan fingerprint density at radius 2 is 0.917 bits per heavy atom. The van der Waals surface area contributed by atoms with Gasteiger partial charge in [-0.05, 0) is 74.2 Å². The van der Waals surface area contributed by atoms with E-state index in [0.29, 0.717) is 0 Å². The fourth-order valence-corrected chi connectivity index (χ4v) is 5.50. The lowest BCUT2D eigenvalue weighted by atomic mass is 10.1. The Morgan fingerprint density at radius 3 is 1.12 bits per heavy atom. The van der Waals surface area contributed by atoms with E-state index in [4.69, 9.17) is 10.2 Å². The summed E-state index contributed by atoms with van der Waals surface area (Å²) < 4.78 is 0. The molecule has 0 spiro atoms. The number of aryl methyl sites for hydroxylation is 4. The van der Waals surface area contributed by atoms with Gasteiger partial charge in [-0.1, -0.05) is 21.6 Å². The Hall–Kier alpha value is -1.92. The lowest BCUT2D eigenvalue weighted by Gasteiger charge is -2.13. The zero-order valence-corrected chi connectivity index (χ0v) is 15.5. The van der Waals surface area contributed by atoms with Gasteiger partial charge in [0.1, 0.15) is 0 Å². The largest absolute Gasteiger partial charge is 0.478 e. The molecule has 0 fully saturated rings. The van der Waals surface area contributed by atoms with Crippen LogP contribution in [0.15, 0.2) is 34.1 Å². The van der Waals surface area contributed by atoms with Crippen LogP contribution in [0.1, 0.15) is 43.0 Å². The van der Waals surface area contributed by atoms with Crippen LogP contribution in [0.2, 0.25) is 0 Å². The van der Waals surface area contributed by atoms with Gasteiger partial charge < -0.3 is 10.2 Å². The third-order valence-electron chi connectivity index (χ3n) is 3.62. The first-order valence-electron chi connectivity index (χ1n) is 7.24. The second kappa shape index (κ2) is 7.32. The van der Waals surface area contributed by atoms with Gasteiger partial charge in [0.15, 0.2) is 0 Å². The topological polar surface area (TPSA) is 74.6 Å². The molecule has 0 radical (unpaired) electrons. The van der Waals surface area contributed by atoms with Crippen LogP contribution in [0.25, 0.3) is 0 Å². The number of carboxylic acid groups (broad SMARTS) is 2. The summed E-state index contributed by atoms with van der Waals surface area (Å²) in [4.78, 5) is 24.3. The first kappa shape index (κ1) is 18.4. The summed E-state index contributed by atoms with van der Waals surface area (Å²) in [6.45, 7) is 7.59. The van der Waals surface area contributed by atoms with Gasteiger partial charge in [0.25, 0.3) is 0 Å². The number of hydrogen-bond acceptors (Lipinski definition) is 4. The molecule has 2 rings (SSSR count). The molecule has 6 heteroatoms. The third-order valence-corrected chi connectivity index (χ3v) is 6.58. The van der Waals surface area contributed by atoms with Crippen molar-refractivity contribution < 1.29 is 19.8 Å². The SMILES string of the molecule is Cc1cc(C(=O)O)cc(C)c1SSc1c(C)cc(C(=O)O)cc1C. The van der Waals surface area contributed by atoms with Crippen LogP contribution >= 0.6 is 21.6 Å². The number of benzene rings is 2. The molecule has 0 atom stereocenters. The van der Waals surface area contributed by atoms with Crippen molar-refractivity contribution >= 4 is 33.5 Å². The first-order chi connectivity index (χ1) is 11.2. The van der Waals surface area contributed by atoms with Crippen LogP contribution in [-0.2, 0) is 0 Å². The maximum Gasteiger partial charge on any atom is 0.335 e. The van der Waals surface area contributed by atoms with Crippen molar-refractivity contribution in [1.82, 2.24) is 0 Å². The van der Waals surface area contributed by atoms with E-state index < -0.39 is 11.9 Å². The molecule has 0 unspecified atom stereocenters. The molecule has 0 aliphatic heterocycles. The van der Waals surface area contributed by atoms with Crippen molar-refractivity contribution in [3.8, 4) is 0 Å². The van der Waals surface area contributed by atoms with Crippen molar-refractivity contribution in [2.45, 2.75) is 37.5 Å². The highest BCUT2D eigenvalue weighted by atomic mass is 33.1.